The number of ether oxygens (including phenoxy) is 1. The zero-order chi connectivity index (χ0) is 11.7. The van der Waals surface area contributed by atoms with Gasteiger partial charge in [-0.25, -0.2) is 4.98 Å². The summed E-state index contributed by atoms with van der Waals surface area (Å²) in [6.07, 6.45) is 6.92. The molecule has 3 rings (SSSR count). The number of rotatable bonds is 3. The molecule has 1 aliphatic heterocycles. The molecule has 0 radical (unpaired) electrons. The van der Waals surface area contributed by atoms with Crippen LogP contribution >= 0.6 is 11.3 Å². The van der Waals surface area contributed by atoms with Crippen molar-refractivity contribution in [1.82, 2.24) is 9.38 Å². The summed E-state index contributed by atoms with van der Waals surface area (Å²) in [4.78, 5) is 5.59. The van der Waals surface area contributed by atoms with Gasteiger partial charge in [-0.15, -0.1) is 11.3 Å². The van der Waals surface area contributed by atoms with Crippen molar-refractivity contribution in [3.63, 3.8) is 0 Å². The molecule has 4 nitrogen and oxygen atoms in total. The number of fused-ring (bicyclic) bond motifs is 1. The average molecular weight is 252 g/mol. The fourth-order valence-corrected chi connectivity index (χ4v) is 3.19. The first kappa shape index (κ1) is 11.2. The van der Waals surface area contributed by atoms with Gasteiger partial charge in [-0.3, -0.25) is 4.40 Å². The number of nitrogens with zero attached hydrogens (tertiary/aromatic N) is 2. The molecule has 1 aliphatic rings. The average Bonchev–Trinajstić information content (AvgIpc) is 2.91. The maximum Gasteiger partial charge on any atom is 0.193 e. The van der Waals surface area contributed by atoms with Crippen molar-refractivity contribution in [2.75, 3.05) is 19.8 Å². The van der Waals surface area contributed by atoms with Crippen molar-refractivity contribution in [1.29, 1.82) is 0 Å². The lowest BCUT2D eigenvalue weighted by Crippen LogP contribution is -2.37. The Morgan fingerprint density at radius 1 is 1.59 bits per heavy atom. The van der Waals surface area contributed by atoms with Gasteiger partial charge in [-0.2, -0.15) is 0 Å². The lowest BCUT2D eigenvalue weighted by atomic mass is 9.79. The molecule has 0 aliphatic carbocycles. The van der Waals surface area contributed by atoms with Gasteiger partial charge in [0.2, 0.25) is 0 Å². The minimum absolute atomic E-state index is 0.123. The van der Waals surface area contributed by atoms with Gasteiger partial charge in [0.25, 0.3) is 0 Å². The number of hydrogen-bond donors (Lipinski definition) is 1. The molecule has 0 saturated carbocycles. The molecule has 1 atom stereocenters. The van der Waals surface area contributed by atoms with E-state index >= 15 is 0 Å². The Balaban J connectivity index is 1.82. The highest BCUT2D eigenvalue weighted by Crippen LogP contribution is 2.32. The standard InChI is InChI=1S/C12H16N2O2S/c15-8-12(2-1-4-16-9-12)6-10-7-14-3-5-17-11(14)13-10/h3,5,7,15H,1-2,4,6,8-9H2. The molecule has 1 fully saturated rings. The highest BCUT2D eigenvalue weighted by Gasteiger charge is 2.33. The van der Waals surface area contributed by atoms with Crippen LogP contribution in [0.25, 0.3) is 4.96 Å². The topological polar surface area (TPSA) is 46.8 Å². The minimum atomic E-state index is -0.123. The molecule has 0 spiro atoms. The molecule has 2 aromatic rings. The van der Waals surface area contributed by atoms with Crippen LogP contribution in [0.5, 0.6) is 0 Å². The monoisotopic (exact) mass is 252 g/mol. The maximum absolute atomic E-state index is 9.62. The van der Waals surface area contributed by atoms with Gasteiger partial charge in [0.05, 0.1) is 18.9 Å². The molecular formula is C12H16N2O2S. The number of hydrogen-bond acceptors (Lipinski definition) is 4. The van der Waals surface area contributed by atoms with E-state index in [4.69, 9.17) is 4.74 Å². The van der Waals surface area contributed by atoms with Crippen LogP contribution in [0.3, 0.4) is 0 Å². The van der Waals surface area contributed by atoms with Crippen LogP contribution in [-0.4, -0.2) is 34.3 Å². The summed E-state index contributed by atoms with van der Waals surface area (Å²) in [7, 11) is 0. The first-order valence-electron chi connectivity index (χ1n) is 5.91. The predicted octanol–water partition coefficient (Wildman–Crippen LogP) is 1.73. The number of imidazole rings is 1. The Hall–Kier alpha value is -0.910. The van der Waals surface area contributed by atoms with Crippen molar-refractivity contribution in [3.05, 3.63) is 23.5 Å². The second-order valence-corrected chi connectivity index (χ2v) is 5.69. The number of aliphatic hydroxyl groups excluding tert-OH is 1. The third kappa shape index (κ3) is 2.10. The van der Waals surface area contributed by atoms with E-state index in [9.17, 15) is 5.11 Å². The zero-order valence-electron chi connectivity index (χ0n) is 9.63. The SMILES string of the molecule is OCC1(Cc2cn3ccsc3n2)CCCOC1. The summed E-state index contributed by atoms with van der Waals surface area (Å²) in [5.41, 5.74) is 0.929. The first-order chi connectivity index (χ1) is 8.31. The molecular weight excluding hydrogens is 236 g/mol. The summed E-state index contributed by atoms with van der Waals surface area (Å²) in [6.45, 7) is 1.65. The van der Waals surface area contributed by atoms with E-state index in [1.165, 1.54) is 0 Å². The number of thiazole rings is 1. The van der Waals surface area contributed by atoms with E-state index < -0.39 is 0 Å². The summed E-state index contributed by atoms with van der Waals surface area (Å²) < 4.78 is 7.55. The molecule has 92 valence electrons. The van der Waals surface area contributed by atoms with Gasteiger partial charge in [0.1, 0.15) is 0 Å². The smallest absolute Gasteiger partial charge is 0.193 e. The number of aliphatic hydroxyl groups is 1. The summed E-state index contributed by atoms with van der Waals surface area (Å²) >= 11 is 1.63. The molecule has 0 amide bonds. The minimum Gasteiger partial charge on any atom is -0.396 e. The normalized spacial score (nSPS) is 25.5. The number of aromatic nitrogens is 2. The van der Waals surface area contributed by atoms with Crippen molar-refractivity contribution in [3.8, 4) is 0 Å². The lowest BCUT2D eigenvalue weighted by molar-refractivity contribution is -0.0383. The van der Waals surface area contributed by atoms with Gasteiger partial charge >= 0.3 is 0 Å². The molecule has 0 aromatic carbocycles. The molecule has 1 unspecified atom stereocenters. The van der Waals surface area contributed by atoms with Crippen LogP contribution in [0.1, 0.15) is 18.5 Å². The zero-order valence-corrected chi connectivity index (χ0v) is 10.4. The second-order valence-electron chi connectivity index (χ2n) is 4.82. The van der Waals surface area contributed by atoms with Gasteiger partial charge in [-0.05, 0) is 12.8 Å². The van der Waals surface area contributed by atoms with E-state index in [1.807, 2.05) is 16.0 Å². The molecule has 5 heteroatoms. The first-order valence-corrected chi connectivity index (χ1v) is 6.79. The Bertz CT molecular complexity index is 471. The van der Waals surface area contributed by atoms with Gasteiger partial charge < -0.3 is 9.84 Å². The van der Waals surface area contributed by atoms with Crippen LogP contribution in [0.4, 0.5) is 0 Å². The molecule has 0 bridgehead atoms. The summed E-state index contributed by atoms with van der Waals surface area (Å²) in [5.74, 6) is 0. The summed E-state index contributed by atoms with van der Waals surface area (Å²) in [6, 6.07) is 0. The van der Waals surface area contributed by atoms with Crippen molar-refractivity contribution in [2.24, 2.45) is 5.41 Å². The quantitative estimate of drug-likeness (QED) is 0.905. The van der Waals surface area contributed by atoms with E-state index in [2.05, 4.69) is 11.2 Å². The van der Waals surface area contributed by atoms with Crippen LogP contribution in [0, 0.1) is 5.41 Å². The molecule has 2 aromatic heterocycles. The van der Waals surface area contributed by atoms with E-state index in [0.717, 1.165) is 36.5 Å². The fourth-order valence-electron chi connectivity index (χ4n) is 2.48. The van der Waals surface area contributed by atoms with Crippen LogP contribution in [-0.2, 0) is 11.2 Å². The molecule has 3 heterocycles. The molecule has 17 heavy (non-hydrogen) atoms. The predicted molar refractivity (Wildman–Crippen MR) is 66.3 cm³/mol. The van der Waals surface area contributed by atoms with Crippen molar-refractivity contribution >= 4 is 16.3 Å². The molecule has 1 saturated heterocycles. The maximum atomic E-state index is 9.62. The van der Waals surface area contributed by atoms with Gasteiger partial charge in [-0.1, -0.05) is 0 Å². The lowest BCUT2D eigenvalue weighted by Gasteiger charge is -2.34. The van der Waals surface area contributed by atoms with Crippen molar-refractivity contribution < 1.29 is 9.84 Å². The van der Waals surface area contributed by atoms with Crippen LogP contribution in [0.15, 0.2) is 17.8 Å². The highest BCUT2D eigenvalue weighted by molar-refractivity contribution is 7.15. The van der Waals surface area contributed by atoms with Gasteiger partial charge in [0, 0.05) is 36.2 Å². The van der Waals surface area contributed by atoms with Crippen molar-refractivity contribution in [2.45, 2.75) is 19.3 Å². The Morgan fingerprint density at radius 3 is 3.24 bits per heavy atom. The van der Waals surface area contributed by atoms with E-state index in [1.54, 1.807) is 11.3 Å². The summed E-state index contributed by atoms with van der Waals surface area (Å²) in [5, 5.41) is 11.6. The van der Waals surface area contributed by atoms with E-state index in [0.29, 0.717) is 6.61 Å². The van der Waals surface area contributed by atoms with Gasteiger partial charge in [0.15, 0.2) is 4.96 Å². The largest absolute Gasteiger partial charge is 0.396 e. The third-order valence-electron chi connectivity index (χ3n) is 3.44. The van der Waals surface area contributed by atoms with E-state index in [-0.39, 0.29) is 12.0 Å². The Morgan fingerprint density at radius 2 is 2.53 bits per heavy atom. The highest BCUT2D eigenvalue weighted by atomic mass is 32.1. The van der Waals surface area contributed by atoms with Crippen LogP contribution < -0.4 is 0 Å². The second kappa shape index (κ2) is 4.40. The molecule has 1 N–H and O–H groups in total. The Kier molecular flexibility index (Phi) is 2.90. The van der Waals surface area contributed by atoms with Crippen LogP contribution in [0.2, 0.25) is 0 Å². The fraction of sp³-hybridized carbons (Fsp3) is 0.583. The third-order valence-corrected chi connectivity index (χ3v) is 4.21. The Labute approximate surface area is 104 Å².